The summed E-state index contributed by atoms with van der Waals surface area (Å²) >= 11 is 0. The van der Waals surface area contributed by atoms with Crippen LogP contribution >= 0.6 is 0 Å². The first kappa shape index (κ1) is 19.8. The van der Waals surface area contributed by atoms with Gasteiger partial charge in [-0.2, -0.15) is 0 Å². The smallest absolute Gasteiger partial charge is 0.303 e. The van der Waals surface area contributed by atoms with Crippen molar-refractivity contribution in [3.8, 4) is 0 Å². The molecule has 7 fully saturated rings. The molecule has 0 aromatic heterocycles. The molecule has 2 heterocycles. The molecule has 30 heavy (non-hydrogen) atoms. The Hall–Kier alpha value is -0.910. The third-order valence-corrected chi connectivity index (χ3v) is 10.5. The van der Waals surface area contributed by atoms with E-state index in [1.807, 2.05) is 0 Å². The second-order valence-electron chi connectivity index (χ2n) is 11.8. The Labute approximate surface area is 180 Å². The Bertz CT molecular complexity index is 783. The van der Waals surface area contributed by atoms with Crippen LogP contribution < -0.4 is 0 Å². The van der Waals surface area contributed by atoms with Crippen molar-refractivity contribution in [2.45, 2.75) is 83.6 Å². The fraction of sp³-hybridized carbons (Fsp3) is 0.880. The van der Waals surface area contributed by atoms with E-state index in [4.69, 9.17) is 9.47 Å². The number of fused-ring (bicyclic) bond motifs is 3. The second-order valence-corrected chi connectivity index (χ2v) is 11.8. The van der Waals surface area contributed by atoms with E-state index < -0.39 is 0 Å². The monoisotopic (exact) mass is 415 g/mol. The molecule has 2 saturated heterocycles. The minimum Gasteiger partial charge on any atom is -0.457 e. The third kappa shape index (κ3) is 2.32. The van der Waals surface area contributed by atoms with Crippen LogP contribution in [0.5, 0.6) is 0 Å². The predicted molar refractivity (Wildman–Crippen MR) is 112 cm³/mol. The fourth-order valence-corrected chi connectivity index (χ4v) is 9.77. The lowest BCUT2D eigenvalue weighted by atomic mass is 9.34. The number of hydrogen-bond acceptors (Lipinski definition) is 5. The number of esters is 1. The molecule has 2 aliphatic heterocycles. The zero-order valence-corrected chi connectivity index (χ0v) is 18.6. The maximum atomic E-state index is 12.1. The van der Waals surface area contributed by atoms with Gasteiger partial charge in [-0.15, -0.1) is 0 Å². The van der Waals surface area contributed by atoms with Gasteiger partial charge in [0, 0.05) is 30.8 Å². The van der Waals surface area contributed by atoms with Gasteiger partial charge < -0.3 is 14.6 Å². The van der Waals surface area contributed by atoms with Crippen LogP contribution in [0.2, 0.25) is 0 Å². The Morgan fingerprint density at radius 3 is 2.83 bits per heavy atom. The molecular weight excluding hydrogens is 378 g/mol. The highest BCUT2D eigenvalue weighted by Gasteiger charge is 2.73. The predicted octanol–water partition coefficient (Wildman–Crippen LogP) is 3.51. The SMILES string of the molecule is C=C1[C@H]2CC[C@@]3(CC[C@@H]4[C@@]5(C)CCC[C@@]4(C4OCC(O)CN4C5)[C@@H]3C2)[C@@H]1OC(C)=O. The Kier molecular flexibility index (Phi) is 4.16. The van der Waals surface area contributed by atoms with Crippen molar-refractivity contribution in [1.29, 1.82) is 0 Å². The average molecular weight is 416 g/mol. The zero-order chi connectivity index (χ0) is 20.9. The van der Waals surface area contributed by atoms with Crippen LogP contribution in [0.3, 0.4) is 0 Å². The molecule has 7 aliphatic rings. The van der Waals surface area contributed by atoms with Gasteiger partial charge in [-0.3, -0.25) is 9.69 Å². The molecule has 0 amide bonds. The molecule has 5 heteroatoms. The molecule has 0 aromatic carbocycles. The highest BCUT2D eigenvalue weighted by atomic mass is 16.5. The molecule has 0 aromatic rings. The van der Waals surface area contributed by atoms with Crippen LogP contribution in [0, 0.1) is 34.0 Å². The van der Waals surface area contributed by atoms with Gasteiger partial charge in [-0.05, 0) is 73.7 Å². The van der Waals surface area contributed by atoms with Crippen molar-refractivity contribution < 1.29 is 19.4 Å². The lowest BCUT2D eigenvalue weighted by Crippen LogP contribution is -2.76. The lowest BCUT2D eigenvalue weighted by Gasteiger charge is -2.75. The number of nitrogens with zero attached hydrogens (tertiary/aromatic N) is 1. The highest BCUT2D eigenvalue weighted by molar-refractivity contribution is 5.66. The summed E-state index contributed by atoms with van der Waals surface area (Å²) in [6, 6.07) is 0. The van der Waals surface area contributed by atoms with Crippen LogP contribution in [-0.2, 0) is 14.3 Å². The third-order valence-electron chi connectivity index (χ3n) is 10.5. The molecule has 2 unspecified atom stereocenters. The number of aliphatic hydroxyl groups is 1. The van der Waals surface area contributed by atoms with Crippen molar-refractivity contribution in [2.24, 2.45) is 34.0 Å². The lowest BCUT2D eigenvalue weighted by molar-refractivity contribution is -0.329. The second kappa shape index (κ2) is 6.32. The van der Waals surface area contributed by atoms with E-state index >= 15 is 0 Å². The fourth-order valence-electron chi connectivity index (χ4n) is 9.77. The van der Waals surface area contributed by atoms with Crippen LogP contribution in [0.1, 0.15) is 65.2 Å². The van der Waals surface area contributed by atoms with Crippen LogP contribution in [0.25, 0.3) is 0 Å². The number of piperidine rings is 1. The van der Waals surface area contributed by atoms with Crippen molar-refractivity contribution in [3.63, 3.8) is 0 Å². The number of ether oxygens (including phenoxy) is 2. The van der Waals surface area contributed by atoms with Gasteiger partial charge in [-0.25, -0.2) is 0 Å². The summed E-state index contributed by atoms with van der Waals surface area (Å²) in [6.07, 6.45) is 9.24. The van der Waals surface area contributed by atoms with Crippen molar-refractivity contribution in [2.75, 3.05) is 19.7 Å². The van der Waals surface area contributed by atoms with E-state index in [9.17, 15) is 9.90 Å². The van der Waals surface area contributed by atoms with Gasteiger partial charge in [0.2, 0.25) is 0 Å². The Morgan fingerprint density at radius 2 is 2.03 bits per heavy atom. The van der Waals surface area contributed by atoms with Gasteiger partial charge in [0.25, 0.3) is 0 Å². The molecular formula is C25H37NO4. The Morgan fingerprint density at radius 1 is 1.23 bits per heavy atom. The molecule has 5 saturated carbocycles. The summed E-state index contributed by atoms with van der Waals surface area (Å²) < 4.78 is 12.6. The minimum atomic E-state index is -0.382. The first-order chi connectivity index (χ1) is 14.3. The van der Waals surface area contributed by atoms with Gasteiger partial charge in [0.1, 0.15) is 12.3 Å². The van der Waals surface area contributed by atoms with Crippen LogP contribution in [0.15, 0.2) is 12.2 Å². The quantitative estimate of drug-likeness (QED) is 0.525. The standard InChI is InChI=1S/C25H37NO4/c1-15-17-5-9-24(21(15)30-16(2)27)10-6-19-23(3)7-4-8-25(19,20(24)11-17)22-26(14-23)12-18(28)13-29-22/h17-22,28H,1,4-14H2,2-3H3/t17-,18?,19+,20+,21+,22?,23-,24-,25-/m0/s1. The van der Waals surface area contributed by atoms with E-state index in [1.54, 1.807) is 6.92 Å². The average Bonchev–Trinajstić information content (AvgIpc) is 2.69. The van der Waals surface area contributed by atoms with Crippen LogP contribution in [-0.4, -0.2) is 54.1 Å². The van der Waals surface area contributed by atoms with E-state index in [2.05, 4.69) is 18.4 Å². The van der Waals surface area contributed by atoms with Gasteiger partial charge >= 0.3 is 5.97 Å². The van der Waals surface area contributed by atoms with Gasteiger partial charge in [0.05, 0.1) is 12.7 Å². The number of hydrogen-bond donors (Lipinski definition) is 1. The molecule has 5 aliphatic carbocycles. The molecule has 9 atom stereocenters. The molecule has 5 nitrogen and oxygen atoms in total. The first-order valence-corrected chi connectivity index (χ1v) is 12.2. The number of carbonyl (C=O) groups excluding carboxylic acids is 1. The summed E-state index contributed by atoms with van der Waals surface area (Å²) in [4.78, 5) is 14.6. The summed E-state index contributed by atoms with van der Waals surface area (Å²) in [5.74, 6) is 1.47. The molecule has 0 radical (unpaired) electrons. The molecule has 7 rings (SSSR count). The summed E-state index contributed by atoms with van der Waals surface area (Å²) in [7, 11) is 0. The maximum Gasteiger partial charge on any atom is 0.303 e. The summed E-state index contributed by atoms with van der Waals surface area (Å²) in [5.41, 5.74) is 1.60. The van der Waals surface area contributed by atoms with Gasteiger partial charge in [-0.1, -0.05) is 19.9 Å². The topological polar surface area (TPSA) is 59.0 Å². The van der Waals surface area contributed by atoms with Crippen molar-refractivity contribution in [3.05, 3.63) is 12.2 Å². The summed E-state index contributed by atoms with van der Waals surface area (Å²) in [5, 5.41) is 10.4. The zero-order valence-electron chi connectivity index (χ0n) is 18.6. The molecule has 1 spiro atoms. The largest absolute Gasteiger partial charge is 0.457 e. The first-order valence-electron chi connectivity index (χ1n) is 12.2. The number of aliphatic hydroxyl groups excluding tert-OH is 1. The maximum absolute atomic E-state index is 12.1. The normalized spacial score (nSPS) is 54.7. The van der Waals surface area contributed by atoms with E-state index in [-0.39, 0.29) is 35.2 Å². The molecule has 166 valence electrons. The van der Waals surface area contributed by atoms with E-state index in [1.165, 1.54) is 44.1 Å². The van der Waals surface area contributed by atoms with Crippen molar-refractivity contribution >= 4 is 5.97 Å². The number of rotatable bonds is 1. The molecule has 4 bridgehead atoms. The van der Waals surface area contributed by atoms with E-state index in [0.717, 1.165) is 25.9 Å². The van der Waals surface area contributed by atoms with E-state index in [0.29, 0.717) is 29.8 Å². The summed E-state index contributed by atoms with van der Waals surface area (Å²) in [6.45, 7) is 10.7. The highest BCUT2D eigenvalue weighted by Crippen LogP contribution is 2.75. The minimum absolute atomic E-state index is 0.0225. The van der Waals surface area contributed by atoms with Crippen molar-refractivity contribution in [1.82, 2.24) is 4.90 Å². The number of carbonyl (C=O) groups is 1. The Balaban J connectivity index is 1.48. The van der Waals surface area contributed by atoms with Gasteiger partial charge in [0.15, 0.2) is 0 Å². The van der Waals surface area contributed by atoms with Crippen LogP contribution in [0.4, 0.5) is 0 Å². The molecule has 1 N–H and O–H groups in total.